The Bertz CT molecular complexity index is 308. The first-order valence-corrected chi connectivity index (χ1v) is 7.22. The molecule has 1 aromatic rings. The average molecular weight is 251 g/mol. The van der Waals surface area contributed by atoms with Gasteiger partial charge in [-0.2, -0.15) is 11.8 Å². The lowest BCUT2D eigenvalue weighted by atomic mass is 9.80. The maximum Gasteiger partial charge on any atom is 0.0521 e. The van der Waals surface area contributed by atoms with Crippen LogP contribution in [0.15, 0.2) is 30.3 Å². The van der Waals surface area contributed by atoms with Gasteiger partial charge in [-0.15, -0.1) is 0 Å². The van der Waals surface area contributed by atoms with E-state index in [1.807, 2.05) is 11.8 Å². The molecule has 1 nitrogen and oxygen atoms in total. The molecule has 17 heavy (non-hydrogen) atoms. The summed E-state index contributed by atoms with van der Waals surface area (Å²) in [4.78, 5) is 0. The molecule has 1 atom stereocenters. The summed E-state index contributed by atoms with van der Waals surface area (Å²) in [5.41, 5.74) is 1.55. The summed E-state index contributed by atoms with van der Waals surface area (Å²) in [5, 5.41) is 9.41. The molecule has 0 aliphatic carbocycles. The zero-order valence-electron chi connectivity index (χ0n) is 10.9. The number of hydrogen-bond acceptors (Lipinski definition) is 2. The van der Waals surface area contributed by atoms with Gasteiger partial charge >= 0.3 is 0 Å². The Morgan fingerprint density at radius 3 is 2.47 bits per heavy atom. The fourth-order valence-corrected chi connectivity index (χ4v) is 3.18. The number of aliphatic hydroxyl groups is 1. The van der Waals surface area contributed by atoms with E-state index in [0.717, 1.165) is 18.6 Å². The highest BCUT2D eigenvalue weighted by Crippen LogP contribution is 2.33. The van der Waals surface area contributed by atoms with Gasteiger partial charge in [0.1, 0.15) is 0 Å². The summed E-state index contributed by atoms with van der Waals surface area (Å²) in [6.07, 6.45) is 2.02. The van der Waals surface area contributed by atoms with Crippen LogP contribution in [0.25, 0.3) is 0 Å². The van der Waals surface area contributed by atoms with Gasteiger partial charge in [0.2, 0.25) is 0 Å². The molecular formula is C15H23OS. The molecule has 2 heteroatoms. The van der Waals surface area contributed by atoms with E-state index >= 15 is 0 Å². The summed E-state index contributed by atoms with van der Waals surface area (Å²) < 4.78 is 0. The van der Waals surface area contributed by atoms with Gasteiger partial charge in [-0.1, -0.05) is 51.1 Å². The lowest BCUT2D eigenvalue weighted by Gasteiger charge is -2.29. The second-order valence-corrected chi connectivity index (χ2v) is 6.37. The van der Waals surface area contributed by atoms with Gasteiger partial charge in [0, 0.05) is 11.0 Å². The molecule has 0 saturated carbocycles. The first-order valence-electron chi connectivity index (χ1n) is 6.17. The van der Waals surface area contributed by atoms with E-state index < -0.39 is 0 Å². The zero-order chi connectivity index (χ0) is 12.7. The van der Waals surface area contributed by atoms with Crippen LogP contribution in [0.2, 0.25) is 0 Å². The van der Waals surface area contributed by atoms with Crippen molar-refractivity contribution in [2.24, 2.45) is 0 Å². The van der Waals surface area contributed by atoms with Gasteiger partial charge in [-0.25, -0.2) is 0 Å². The Balaban J connectivity index is 2.64. The van der Waals surface area contributed by atoms with Gasteiger partial charge in [0.15, 0.2) is 0 Å². The highest BCUT2D eigenvalue weighted by atomic mass is 32.2. The maximum absolute atomic E-state index is 8.88. The van der Waals surface area contributed by atoms with Crippen LogP contribution in [-0.4, -0.2) is 22.7 Å². The number of rotatable bonds is 7. The van der Waals surface area contributed by atoms with Crippen LogP contribution in [0.1, 0.15) is 32.3 Å². The number of thioether (sulfide) groups is 1. The van der Waals surface area contributed by atoms with E-state index in [9.17, 15) is 0 Å². The Hall–Kier alpha value is -0.470. The van der Waals surface area contributed by atoms with Crippen molar-refractivity contribution in [3.63, 3.8) is 0 Å². The molecule has 0 aliphatic rings. The average Bonchev–Trinajstić information content (AvgIpc) is 2.35. The molecule has 1 N–H and O–H groups in total. The van der Waals surface area contributed by atoms with Crippen LogP contribution in [-0.2, 0) is 5.41 Å². The first kappa shape index (κ1) is 14.6. The quantitative estimate of drug-likeness (QED) is 0.798. The molecule has 0 bridgehead atoms. The van der Waals surface area contributed by atoms with E-state index in [0.29, 0.717) is 5.25 Å². The Kier molecular flexibility index (Phi) is 6.07. The molecule has 1 unspecified atom stereocenters. The fourth-order valence-electron chi connectivity index (χ4n) is 2.04. The predicted octanol–water partition coefficient (Wildman–Crippen LogP) is 3.67. The maximum atomic E-state index is 8.88. The fraction of sp³-hybridized carbons (Fsp3) is 0.533. The summed E-state index contributed by atoms with van der Waals surface area (Å²) in [6.45, 7) is 8.84. The van der Waals surface area contributed by atoms with Gasteiger partial charge < -0.3 is 5.11 Å². The van der Waals surface area contributed by atoms with Crippen LogP contribution in [0.5, 0.6) is 0 Å². The van der Waals surface area contributed by atoms with Crippen LogP contribution in [0.3, 0.4) is 0 Å². The number of hydrogen-bond donors (Lipinski definition) is 1. The van der Waals surface area contributed by atoms with Crippen molar-refractivity contribution in [2.45, 2.75) is 37.4 Å². The van der Waals surface area contributed by atoms with E-state index in [4.69, 9.17) is 5.11 Å². The highest BCUT2D eigenvalue weighted by molar-refractivity contribution is 7.99. The molecule has 0 aromatic heterocycles. The molecule has 0 saturated heterocycles. The van der Waals surface area contributed by atoms with Crippen molar-refractivity contribution in [3.8, 4) is 0 Å². The third kappa shape index (κ3) is 4.72. The minimum atomic E-state index is 0.173. The van der Waals surface area contributed by atoms with Gasteiger partial charge in [0.25, 0.3) is 0 Å². The number of benzene rings is 1. The molecule has 0 spiro atoms. The molecule has 0 heterocycles. The predicted molar refractivity (Wildman–Crippen MR) is 77.4 cm³/mol. The van der Waals surface area contributed by atoms with Crippen LogP contribution >= 0.6 is 11.8 Å². The van der Waals surface area contributed by atoms with Crippen LogP contribution < -0.4 is 0 Å². The van der Waals surface area contributed by atoms with E-state index in [-0.39, 0.29) is 12.0 Å². The molecule has 0 aliphatic heterocycles. The molecule has 1 aromatic carbocycles. The second kappa shape index (κ2) is 7.07. The lowest BCUT2D eigenvalue weighted by Crippen LogP contribution is -2.23. The van der Waals surface area contributed by atoms with E-state index in [2.05, 4.69) is 51.1 Å². The monoisotopic (exact) mass is 251 g/mol. The Labute approximate surface area is 110 Å². The molecule has 0 amide bonds. The van der Waals surface area contributed by atoms with Crippen molar-refractivity contribution in [1.82, 2.24) is 0 Å². The highest BCUT2D eigenvalue weighted by Gasteiger charge is 2.24. The molecule has 1 rings (SSSR count). The summed E-state index contributed by atoms with van der Waals surface area (Å²) in [7, 11) is 0. The lowest BCUT2D eigenvalue weighted by molar-refractivity contribution is 0.322. The standard InChI is InChI=1S/C15H23OS/c1-4-14(17-11-10-16)12-15(2,3)13-8-6-5-7-9-13/h5-9,14,16H,1,4,10-12H2,2-3H3. The minimum Gasteiger partial charge on any atom is -0.396 e. The smallest absolute Gasteiger partial charge is 0.0521 e. The molecule has 0 fully saturated rings. The van der Waals surface area contributed by atoms with Crippen molar-refractivity contribution >= 4 is 11.8 Å². The third-order valence-corrected chi connectivity index (χ3v) is 4.35. The Morgan fingerprint density at radius 2 is 1.94 bits per heavy atom. The topological polar surface area (TPSA) is 20.2 Å². The van der Waals surface area contributed by atoms with E-state index in [1.165, 1.54) is 5.56 Å². The normalized spacial score (nSPS) is 13.6. The van der Waals surface area contributed by atoms with Crippen LogP contribution in [0, 0.1) is 6.92 Å². The van der Waals surface area contributed by atoms with Crippen molar-refractivity contribution in [2.75, 3.05) is 12.4 Å². The van der Waals surface area contributed by atoms with Gasteiger partial charge in [0.05, 0.1) is 6.61 Å². The molecule has 1 radical (unpaired) electrons. The first-order chi connectivity index (χ1) is 8.10. The molecular weight excluding hydrogens is 228 g/mol. The van der Waals surface area contributed by atoms with Crippen LogP contribution in [0.4, 0.5) is 0 Å². The zero-order valence-corrected chi connectivity index (χ0v) is 11.7. The van der Waals surface area contributed by atoms with Crippen molar-refractivity contribution in [1.29, 1.82) is 0 Å². The SMILES string of the molecule is [CH2]CC(CC(C)(C)c1ccccc1)SCCO. The Morgan fingerprint density at radius 1 is 1.29 bits per heavy atom. The summed E-state index contributed by atoms with van der Waals surface area (Å²) >= 11 is 1.83. The summed E-state index contributed by atoms with van der Waals surface area (Å²) in [5.74, 6) is 0.811. The minimum absolute atomic E-state index is 0.173. The summed E-state index contributed by atoms with van der Waals surface area (Å²) in [6, 6.07) is 10.6. The van der Waals surface area contributed by atoms with Gasteiger partial charge in [-0.05, 0) is 23.8 Å². The second-order valence-electron chi connectivity index (χ2n) is 4.96. The molecule has 95 valence electrons. The van der Waals surface area contributed by atoms with Crippen molar-refractivity contribution in [3.05, 3.63) is 42.8 Å². The van der Waals surface area contributed by atoms with Gasteiger partial charge in [-0.3, -0.25) is 0 Å². The van der Waals surface area contributed by atoms with Crippen molar-refractivity contribution < 1.29 is 5.11 Å². The third-order valence-electron chi connectivity index (χ3n) is 3.06. The van der Waals surface area contributed by atoms with E-state index in [1.54, 1.807) is 0 Å². The number of aliphatic hydroxyl groups excluding tert-OH is 1. The largest absolute Gasteiger partial charge is 0.396 e.